The maximum atomic E-state index is 13.3. The van der Waals surface area contributed by atoms with Crippen LogP contribution in [-0.2, 0) is 39.8 Å². The van der Waals surface area contributed by atoms with Crippen LogP contribution in [0.1, 0.15) is 22.3 Å². The Morgan fingerprint density at radius 2 is 1.49 bits per heavy atom. The Balaban J connectivity index is 0.000000445. The van der Waals surface area contributed by atoms with Crippen molar-refractivity contribution in [3.8, 4) is 16.9 Å². The van der Waals surface area contributed by atoms with Gasteiger partial charge < -0.3 is 19.4 Å². The lowest BCUT2D eigenvalue weighted by atomic mass is 9.95. The first-order valence-electron chi connectivity index (χ1n) is 13.5. The molecule has 2 aromatic carbocycles. The fourth-order valence-electron chi connectivity index (χ4n) is 5.46. The molecule has 0 aromatic heterocycles. The van der Waals surface area contributed by atoms with Crippen molar-refractivity contribution in [1.29, 1.82) is 0 Å². The van der Waals surface area contributed by atoms with Gasteiger partial charge in [-0.15, -0.1) is 0 Å². The Bertz CT molecular complexity index is 1420. The number of fused-ring (bicyclic) bond motifs is 2. The maximum absolute atomic E-state index is 13.3. The number of benzene rings is 3. The molecule has 4 aliphatic rings. The number of hydrogen-bond acceptors (Lipinski definition) is 6. The van der Waals surface area contributed by atoms with Crippen molar-refractivity contribution in [2.75, 3.05) is 58.0 Å². The van der Waals surface area contributed by atoms with Crippen molar-refractivity contribution in [1.82, 2.24) is 9.80 Å². The van der Waals surface area contributed by atoms with Crippen molar-refractivity contribution in [2.45, 2.75) is 25.1 Å². The zero-order valence-electron chi connectivity index (χ0n) is 23.0. The first-order chi connectivity index (χ1) is 18.7. The third-order valence-corrected chi connectivity index (χ3v) is 8.69. The highest BCUT2D eigenvalue weighted by Crippen LogP contribution is 2.36. The summed E-state index contributed by atoms with van der Waals surface area (Å²) < 4.78 is 29.3. The van der Waals surface area contributed by atoms with Crippen LogP contribution in [-0.4, -0.2) is 77.3 Å². The molecule has 0 bridgehead atoms. The van der Waals surface area contributed by atoms with E-state index in [9.17, 15) is 13.2 Å². The number of hydrogen-bond donors (Lipinski definition) is 0. The largest absolute Gasteiger partial charge is 0.496 e. The number of carbonyl (C=O) groups is 1. The molecule has 2 aliphatic heterocycles. The zero-order valence-corrected chi connectivity index (χ0v) is 23.8. The van der Waals surface area contributed by atoms with Gasteiger partial charge in [0, 0.05) is 62.3 Å². The molecular weight excluding hydrogens is 510 g/mol. The van der Waals surface area contributed by atoms with Crippen molar-refractivity contribution in [3.63, 3.8) is 0 Å². The minimum Gasteiger partial charge on any atom is -0.496 e. The number of nitrogens with zero attached hydrogens (tertiary/aromatic N) is 3. The molecule has 1 amide bonds. The first-order valence-corrected chi connectivity index (χ1v) is 15.5. The summed E-state index contributed by atoms with van der Waals surface area (Å²) in [6, 6.07) is 20.0. The Morgan fingerprint density at radius 3 is 2.05 bits per heavy atom. The van der Waals surface area contributed by atoms with Crippen LogP contribution in [0.2, 0.25) is 0 Å². The summed E-state index contributed by atoms with van der Waals surface area (Å²) in [6.45, 7) is 5.12. The monoisotopic (exact) mass is 547 g/mol. The number of anilines is 1. The summed E-state index contributed by atoms with van der Waals surface area (Å²) in [5.74, 6) is 0.853. The van der Waals surface area contributed by atoms with Crippen LogP contribution in [0.4, 0.5) is 5.69 Å². The minimum atomic E-state index is -3.18. The molecule has 0 atom stereocenters. The van der Waals surface area contributed by atoms with Crippen LogP contribution in [0.3, 0.4) is 0 Å². The van der Waals surface area contributed by atoms with Crippen LogP contribution < -0.4 is 9.64 Å². The number of ether oxygens (including phenoxy) is 1. The second-order valence-electron chi connectivity index (χ2n) is 10.7. The van der Waals surface area contributed by atoms with Crippen LogP contribution >= 0.6 is 0 Å². The predicted octanol–water partition coefficient (Wildman–Crippen LogP) is 3.79. The molecule has 1 fully saturated rings. The smallest absolute Gasteiger partial charge is 0.227 e. The second kappa shape index (κ2) is 11.4. The molecule has 8 heteroatoms. The zero-order chi connectivity index (χ0) is 27.6. The highest BCUT2D eigenvalue weighted by Gasteiger charge is 2.28. The maximum Gasteiger partial charge on any atom is 0.227 e. The average molecular weight is 548 g/mol. The summed E-state index contributed by atoms with van der Waals surface area (Å²) in [5.41, 5.74) is 7.88. The number of piperazine rings is 1. The van der Waals surface area contributed by atoms with Gasteiger partial charge in [0.05, 0.1) is 19.3 Å². The van der Waals surface area contributed by atoms with E-state index in [4.69, 9.17) is 4.74 Å². The molecule has 2 aliphatic carbocycles. The van der Waals surface area contributed by atoms with Crippen molar-refractivity contribution in [3.05, 3.63) is 82.9 Å². The molecule has 1 saturated heterocycles. The average Bonchev–Trinajstić information content (AvgIpc) is 2.91. The van der Waals surface area contributed by atoms with E-state index in [1.54, 1.807) is 13.2 Å². The van der Waals surface area contributed by atoms with Gasteiger partial charge in [-0.05, 0) is 47.9 Å². The molecule has 0 radical (unpaired) electrons. The Labute approximate surface area is 231 Å². The summed E-state index contributed by atoms with van der Waals surface area (Å²) in [7, 11) is 0.660. The topological polar surface area (TPSA) is 70.2 Å². The van der Waals surface area contributed by atoms with E-state index in [2.05, 4.69) is 47.2 Å². The van der Waals surface area contributed by atoms with E-state index in [-0.39, 0.29) is 18.1 Å². The summed E-state index contributed by atoms with van der Waals surface area (Å²) in [4.78, 5) is 19.9. The molecule has 0 spiro atoms. The molecule has 6 rings (SSSR count). The van der Waals surface area contributed by atoms with Gasteiger partial charge in [0.1, 0.15) is 5.75 Å². The van der Waals surface area contributed by atoms with E-state index >= 15 is 0 Å². The summed E-state index contributed by atoms with van der Waals surface area (Å²) >= 11 is 0. The molecule has 0 saturated carbocycles. The standard InChI is InChI=1S/C25H33N3O4S.C6H4/c1-26-12-14-27(15-13-26)23-8-9-24(32-2)21-10-11-28(17-22(21)23)25(29)16-19-6-4-5-7-20(19)18-33(3,30)31;1-2-6-4-3-5(1)6/h4-9H,10-18H2,1-3H3;1-4H. The van der Waals surface area contributed by atoms with Gasteiger partial charge in [-0.2, -0.15) is 0 Å². The number of likely N-dealkylation sites (N-methyl/N-ethyl adjacent to an activating group) is 1. The van der Waals surface area contributed by atoms with Gasteiger partial charge in [0.15, 0.2) is 9.84 Å². The Morgan fingerprint density at radius 1 is 0.846 bits per heavy atom. The van der Waals surface area contributed by atoms with E-state index in [0.29, 0.717) is 18.7 Å². The molecule has 206 valence electrons. The predicted molar refractivity (Wildman–Crippen MR) is 156 cm³/mol. The molecule has 7 nitrogen and oxygen atoms in total. The molecule has 0 N–H and O–H groups in total. The fraction of sp³-hybridized carbons (Fsp3) is 0.387. The van der Waals surface area contributed by atoms with Crippen molar-refractivity contribution < 1.29 is 17.9 Å². The van der Waals surface area contributed by atoms with E-state index in [0.717, 1.165) is 43.9 Å². The number of methoxy groups -OCH3 is 1. The summed E-state index contributed by atoms with van der Waals surface area (Å²) in [5, 5.41) is 0. The van der Waals surface area contributed by atoms with Gasteiger partial charge in [-0.1, -0.05) is 48.5 Å². The minimum absolute atomic E-state index is 0.0220. The van der Waals surface area contributed by atoms with Gasteiger partial charge in [0.25, 0.3) is 0 Å². The van der Waals surface area contributed by atoms with Crippen LogP contribution in [0.15, 0.2) is 60.7 Å². The lowest BCUT2D eigenvalue weighted by Gasteiger charge is -2.38. The lowest BCUT2D eigenvalue weighted by Crippen LogP contribution is -2.45. The van der Waals surface area contributed by atoms with Crippen molar-refractivity contribution in [2.24, 2.45) is 0 Å². The highest BCUT2D eigenvalue weighted by molar-refractivity contribution is 7.89. The first kappa shape index (κ1) is 27.2. The molecule has 0 unspecified atom stereocenters. The lowest BCUT2D eigenvalue weighted by molar-refractivity contribution is -0.131. The van der Waals surface area contributed by atoms with Gasteiger partial charge in [0.2, 0.25) is 5.91 Å². The molecule has 2 aromatic rings. The van der Waals surface area contributed by atoms with Crippen LogP contribution in [0, 0.1) is 0 Å². The summed E-state index contributed by atoms with van der Waals surface area (Å²) in [6.07, 6.45) is 2.17. The van der Waals surface area contributed by atoms with Crippen LogP contribution in [0.5, 0.6) is 5.75 Å². The van der Waals surface area contributed by atoms with Crippen molar-refractivity contribution >= 4 is 21.4 Å². The van der Waals surface area contributed by atoms with Crippen LogP contribution in [0.25, 0.3) is 11.1 Å². The van der Waals surface area contributed by atoms with Gasteiger partial charge in [-0.3, -0.25) is 4.79 Å². The molecular formula is C31H37N3O4S. The SMILES string of the molecule is COc1ccc(N2CCN(C)CC2)c2c1CCN(C(=O)Cc1ccccc1CS(C)(=O)=O)C2.c1cc2ccc1-2. The normalized spacial score (nSPS) is 16.2. The van der Waals surface area contributed by atoms with E-state index in [1.165, 1.54) is 34.2 Å². The molecule has 39 heavy (non-hydrogen) atoms. The van der Waals surface area contributed by atoms with Gasteiger partial charge >= 0.3 is 0 Å². The quantitative estimate of drug-likeness (QED) is 0.366. The van der Waals surface area contributed by atoms with Gasteiger partial charge in [-0.25, -0.2) is 8.42 Å². The van der Waals surface area contributed by atoms with E-state index in [1.807, 2.05) is 29.2 Å². The fourth-order valence-corrected chi connectivity index (χ4v) is 6.31. The third kappa shape index (κ3) is 6.28. The number of amides is 1. The molecule has 2 heterocycles. The Kier molecular flexibility index (Phi) is 7.96. The number of sulfone groups is 1. The third-order valence-electron chi connectivity index (χ3n) is 7.86. The number of carbonyl (C=O) groups excluding carboxylic acids is 1. The van der Waals surface area contributed by atoms with E-state index < -0.39 is 9.84 Å². The second-order valence-corrected chi connectivity index (χ2v) is 12.8. The Hall–Kier alpha value is -3.36. The number of rotatable bonds is 6. The highest BCUT2D eigenvalue weighted by atomic mass is 32.2.